The summed E-state index contributed by atoms with van der Waals surface area (Å²) in [7, 11) is -1.47. The zero-order valence-electron chi connectivity index (χ0n) is 26.2. The number of ether oxygens (including phenoxy) is 1. The first-order valence-electron chi connectivity index (χ1n) is 14.6. The van der Waals surface area contributed by atoms with Crippen LogP contribution in [0.2, 0.25) is 25.7 Å². The van der Waals surface area contributed by atoms with Gasteiger partial charge in [0.15, 0.2) is 5.82 Å². The van der Waals surface area contributed by atoms with Gasteiger partial charge in [0.1, 0.15) is 24.3 Å². The molecule has 3 aromatic heterocycles. The summed E-state index contributed by atoms with van der Waals surface area (Å²) in [6.45, 7) is 6.92. The molecule has 9 nitrogen and oxygen atoms in total. The molecule has 4 aromatic rings. The molecule has 1 unspecified atom stereocenters. The number of halogens is 8. The Balaban J connectivity index is 1.46. The summed E-state index contributed by atoms with van der Waals surface area (Å²) in [4.78, 5) is 32.9. The van der Waals surface area contributed by atoms with E-state index in [1.54, 1.807) is 0 Å². The van der Waals surface area contributed by atoms with Crippen LogP contribution in [0.4, 0.5) is 40.8 Å². The zero-order chi connectivity index (χ0) is 35.6. The van der Waals surface area contributed by atoms with Crippen molar-refractivity contribution >= 4 is 24.5 Å². The van der Waals surface area contributed by atoms with Crippen molar-refractivity contribution in [3.63, 3.8) is 0 Å². The van der Waals surface area contributed by atoms with Crippen molar-refractivity contribution in [1.29, 1.82) is 0 Å². The quantitative estimate of drug-likeness (QED) is 0.0991. The molecule has 2 atom stereocenters. The number of nitrogens with one attached hydrogen (secondary N) is 1. The molecule has 0 aliphatic heterocycles. The predicted octanol–water partition coefficient (Wildman–Crippen LogP) is 6.73. The molecule has 0 saturated carbocycles. The highest BCUT2D eigenvalue weighted by atomic mass is 28.3. The van der Waals surface area contributed by atoms with Gasteiger partial charge < -0.3 is 14.6 Å². The smallest absolute Gasteiger partial charge is 0.381 e. The zero-order valence-corrected chi connectivity index (χ0v) is 27.2. The predicted molar refractivity (Wildman–Crippen MR) is 164 cm³/mol. The summed E-state index contributed by atoms with van der Waals surface area (Å²) in [5.41, 5.74) is -5.74. The monoisotopic (exact) mass is 704 g/mol. The van der Waals surface area contributed by atoms with Crippen LogP contribution in [0.1, 0.15) is 24.5 Å². The first-order chi connectivity index (χ1) is 22.2. The molecule has 0 radical (unpaired) electrons. The molecule has 0 aliphatic carbocycles. The van der Waals surface area contributed by atoms with Crippen LogP contribution in [0.25, 0.3) is 22.2 Å². The van der Waals surface area contributed by atoms with E-state index in [9.17, 15) is 40.3 Å². The van der Waals surface area contributed by atoms with Crippen molar-refractivity contribution in [3.05, 3.63) is 80.6 Å². The largest absolute Gasteiger partial charge is 0.423 e. The molecule has 0 amide bonds. The molecule has 4 rings (SSSR count). The molecule has 260 valence electrons. The van der Waals surface area contributed by atoms with Gasteiger partial charge in [-0.15, -0.1) is 0 Å². The number of aromatic nitrogens is 5. The topological polar surface area (TPSA) is 104 Å². The van der Waals surface area contributed by atoms with E-state index >= 15 is 4.39 Å². The van der Waals surface area contributed by atoms with E-state index in [0.29, 0.717) is 17.1 Å². The standard InChI is InChI=1S/C30H32F8N6O3Si/c1-17(42-24-14-41-44(16-47-7-8-48(2,3)4)28(46)25(24)30(36,37)38)9-20(31)15-43-6-5-18-10-22(23(32)11-21(18)27(43)45)26-39-12-19(13-40-26)29(33,34)35/h5-6,10-14,17,20,42H,7-9,15-16H2,1-4H3/t17-,20?/m0/s1. The lowest BCUT2D eigenvalue weighted by Crippen LogP contribution is -2.34. The van der Waals surface area contributed by atoms with E-state index in [1.807, 2.05) is 0 Å². The van der Waals surface area contributed by atoms with Gasteiger partial charge in [0.25, 0.3) is 11.1 Å². The van der Waals surface area contributed by atoms with Gasteiger partial charge in [-0.1, -0.05) is 19.6 Å². The molecule has 1 N–H and O–H groups in total. The molecule has 0 aliphatic rings. The summed E-state index contributed by atoms with van der Waals surface area (Å²) in [5, 5.41) is 6.30. The van der Waals surface area contributed by atoms with Crippen molar-refractivity contribution in [1.82, 2.24) is 24.3 Å². The Morgan fingerprint density at radius 3 is 2.25 bits per heavy atom. The molecule has 18 heteroatoms. The summed E-state index contributed by atoms with van der Waals surface area (Å²) < 4.78 is 117. The van der Waals surface area contributed by atoms with E-state index in [4.69, 9.17) is 4.74 Å². The Bertz CT molecular complexity index is 1870. The Labute approximate surface area is 269 Å². The normalized spacial score (nSPS) is 13.9. The lowest BCUT2D eigenvalue weighted by Gasteiger charge is -2.21. The number of anilines is 1. The van der Waals surface area contributed by atoms with Crippen molar-refractivity contribution in [2.75, 3.05) is 11.9 Å². The number of rotatable bonds is 12. The van der Waals surface area contributed by atoms with Crippen molar-refractivity contribution in [3.8, 4) is 11.4 Å². The fourth-order valence-corrected chi connectivity index (χ4v) is 5.48. The third-order valence-electron chi connectivity index (χ3n) is 7.23. The molecule has 0 fully saturated rings. The Kier molecular flexibility index (Phi) is 10.8. The van der Waals surface area contributed by atoms with Gasteiger partial charge in [-0.2, -0.15) is 31.4 Å². The lowest BCUT2D eigenvalue weighted by molar-refractivity contribution is -0.139. The van der Waals surface area contributed by atoms with Gasteiger partial charge in [-0.25, -0.2) is 23.4 Å². The first kappa shape index (κ1) is 36.6. The number of benzene rings is 1. The number of nitrogens with zero attached hydrogens (tertiary/aromatic N) is 5. The van der Waals surface area contributed by atoms with Crippen LogP contribution in [-0.4, -0.2) is 51.2 Å². The van der Waals surface area contributed by atoms with Crippen LogP contribution in [0, 0.1) is 5.82 Å². The molecule has 0 bridgehead atoms. The molecule has 1 aromatic carbocycles. The molecule has 3 heterocycles. The second-order valence-corrected chi connectivity index (χ2v) is 18.1. The summed E-state index contributed by atoms with van der Waals surface area (Å²) in [6.07, 6.45) is -8.85. The van der Waals surface area contributed by atoms with Gasteiger partial charge in [-0.3, -0.25) is 9.59 Å². The SMILES string of the molecule is C[C@@H](CC(F)Cn1ccc2cc(-c3ncc(C(F)(F)F)cn3)c(F)cc2c1=O)Nc1cnn(COCC[Si](C)(C)C)c(=O)c1C(F)(F)F. The van der Waals surface area contributed by atoms with Crippen molar-refractivity contribution in [2.45, 2.75) is 76.9 Å². The Hall–Kier alpha value is -4.19. The van der Waals surface area contributed by atoms with E-state index in [1.165, 1.54) is 25.3 Å². The fraction of sp³-hybridized carbons (Fsp3) is 0.433. The second-order valence-electron chi connectivity index (χ2n) is 12.4. The molecule has 48 heavy (non-hydrogen) atoms. The minimum atomic E-state index is -5.05. The van der Waals surface area contributed by atoms with E-state index in [-0.39, 0.29) is 35.2 Å². The summed E-state index contributed by atoms with van der Waals surface area (Å²) in [5.74, 6) is -1.34. The highest BCUT2D eigenvalue weighted by Crippen LogP contribution is 2.33. The summed E-state index contributed by atoms with van der Waals surface area (Å²) >= 11 is 0. The van der Waals surface area contributed by atoms with Crippen LogP contribution >= 0.6 is 0 Å². The molecular formula is C30H32F8N6O3Si. The maximum Gasteiger partial charge on any atom is 0.423 e. The van der Waals surface area contributed by atoms with Gasteiger partial charge in [0.05, 0.1) is 34.9 Å². The maximum absolute atomic E-state index is 15.1. The number of hydrogen-bond acceptors (Lipinski definition) is 7. The molecule has 0 saturated heterocycles. The number of pyridine rings is 1. The molecule has 0 spiro atoms. The Morgan fingerprint density at radius 2 is 1.65 bits per heavy atom. The minimum Gasteiger partial charge on any atom is -0.381 e. The third-order valence-corrected chi connectivity index (χ3v) is 8.93. The second kappa shape index (κ2) is 14.1. The van der Waals surface area contributed by atoms with E-state index in [0.717, 1.165) is 22.9 Å². The fourth-order valence-electron chi connectivity index (χ4n) is 4.72. The van der Waals surface area contributed by atoms with Crippen LogP contribution in [0.3, 0.4) is 0 Å². The average molecular weight is 705 g/mol. The first-order valence-corrected chi connectivity index (χ1v) is 18.3. The van der Waals surface area contributed by atoms with Crippen molar-refractivity contribution in [2.24, 2.45) is 0 Å². The van der Waals surface area contributed by atoms with Crippen LogP contribution in [0.5, 0.6) is 0 Å². The van der Waals surface area contributed by atoms with Gasteiger partial charge >= 0.3 is 12.4 Å². The number of hydrogen-bond donors (Lipinski definition) is 1. The molecular weight excluding hydrogens is 672 g/mol. The lowest BCUT2D eigenvalue weighted by atomic mass is 10.1. The highest BCUT2D eigenvalue weighted by molar-refractivity contribution is 6.76. The third kappa shape index (κ3) is 9.03. The Morgan fingerprint density at radius 1 is 0.979 bits per heavy atom. The summed E-state index contributed by atoms with van der Waals surface area (Å²) in [6, 6.07) is 3.17. The van der Waals surface area contributed by atoms with Crippen LogP contribution in [-0.2, 0) is 30.4 Å². The van der Waals surface area contributed by atoms with Crippen LogP contribution in [0.15, 0.2) is 52.6 Å². The van der Waals surface area contributed by atoms with E-state index < -0.39 is 79.7 Å². The van der Waals surface area contributed by atoms with Crippen molar-refractivity contribution < 1.29 is 39.9 Å². The van der Waals surface area contributed by atoms with Gasteiger partial charge in [-0.05, 0) is 36.6 Å². The van der Waals surface area contributed by atoms with E-state index in [2.05, 4.69) is 40.0 Å². The highest BCUT2D eigenvalue weighted by Gasteiger charge is 2.38. The van der Waals surface area contributed by atoms with Gasteiger partial charge in [0.2, 0.25) is 0 Å². The average Bonchev–Trinajstić information content (AvgIpc) is 2.96. The minimum absolute atomic E-state index is 0.157. The number of fused-ring (bicyclic) bond motifs is 1. The van der Waals surface area contributed by atoms with Gasteiger partial charge in [0, 0.05) is 45.7 Å². The maximum atomic E-state index is 15.1. The van der Waals surface area contributed by atoms with Crippen LogP contribution < -0.4 is 16.4 Å². The number of alkyl halides is 7.